The Hall–Kier alpha value is -0.410. The molecule has 3 heteroatoms. The second kappa shape index (κ2) is 6.67. The molecule has 0 bridgehead atoms. The quantitative estimate of drug-likeness (QED) is 0.721. The summed E-state index contributed by atoms with van der Waals surface area (Å²) in [4.78, 5) is 0. The Kier molecular flexibility index (Phi) is 5.19. The Morgan fingerprint density at radius 3 is 2.83 bits per heavy atom. The van der Waals surface area contributed by atoms with Gasteiger partial charge in [0.25, 0.3) is 0 Å². The first-order valence-corrected chi connectivity index (χ1v) is 7.79. The molecule has 1 aliphatic rings. The van der Waals surface area contributed by atoms with Gasteiger partial charge in [0.1, 0.15) is 5.82 Å². The molecule has 1 fully saturated rings. The minimum absolute atomic E-state index is 0.0498. The fourth-order valence-corrected chi connectivity index (χ4v) is 3.13. The lowest BCUT2D eigenvalue weighted by Crippen LogP contribution is -2.27. The molecule has 100 valence electrons. The Balaban J connectivity index is 2.04. The van der Waals surface area contributed by atoms with Crippen LogP contribution in [0.25, 0.3) is 0 Å². The Bertz CT molecular complexity index is 383. The molecule has 1 aromatic carbocycles. The third-order valence-electron chi connectivity index (χ3n) is 3.73. The molecule has 0 spiro atoms. The maximum Gasteiger partial charge on any atom is 0.123 e. The van der Waals surface area contributed by atoms with E-state index >= 15 is 0 Å². The first-order valence-electron chi connectivity index (χ1n) is 6.67. The van der Waals surface area contributed by atoms with E-state index in [1.165, 1.54) is 25.3 Å². The smallest absolute Gasteiger partial charge is 0.123 e. The molecule has 0 saturated heterocycles. The summed E-state index contributed by atoms with van der Waals surface area (Å²) < 4.78 is 19.4. The van der Waals surface area contributed by atoms with Gasteiger partial charge in [-0.2, -0.15) is 0 Å². The van der Waals surface area contributed by atoms with Crippen LogP contribution in [0.3, 0.4) is 0 Å². The van der Waals surface area contributed by atoms with Gasteiger partial charge < -0.3 is 4.74 Å². The van der Waals surface area contributed by atoms with Gasteiger partial charge >= 0.3 is 0 Å². The molecular formula is C15H20BrFO. The standard InChI is InChI=1S/C15H20BrFO/c1-11-5-2-3-8-14(11)18-15(10-16)12-6-4-7-13(17)9-12/h4,6-7,9,11,14-15H,2-3,5,8,10H2,1H3. The van der Waals surface area contributed by atoms with Crippen molar-refractivity contribution in [3.63, 3.8) is 0 Å². The fourth-order valence-electron chi connectivity index (χ4n) is 2.61. The topological polar surface area (TPSA) is 9.23 Å². The predicted molar refractivity (Wildman–Crippen MR) is 75.4 cm³/mol. The van der Waals surface area contributed by atoms with Crippen molar-refractivity contribution in [1.82, 2.24) is 0 Å². The van der Waals surface area contributed by atoms with Gasteiger partial charge in [0.15, 0.2) is 0 Å². The number of ether oxygens (including phenoxy) is 1. The molecule has 3 unspecified atom stereocenters. The third kappa shape index (κ3) is 3.55. The van der Waals surface area contributed by atoms with Gasteiger partial charge in [-0.15, -0.1) is 0 Å². The lowest BCUT2D eigenvalue weighted by atomic mass is 9.88. The van der Waals surface area contributed by atoms with Crippen LogP contribution in [-0.2, 0) is 4.74 Å². The molecule has 0 amide bonds. The van der Waals surface area contributed by atoms with Gasteiger partial charge in [0.05, 0.1) is 12.2 Å². The maximum atomic E-state index is 13.2. The summed E-state index contributed by atoms with van der Waals surface area (Å²) in [5, 5.41) is 0.708. The molecule has 1 aromatic rings. The largest absolute Gasteiger partial charge is 0.369 e. The monoisotopic (exact) mass is 314 g/mol. The van der Waals surface area contributed by atoms with E-state index in [0.717, 1.165) is 12.0 Å². The number of hydrogen-bond acceptors (Lipinski definition) is 1. The molecule has 0 heterocycles. The van der Waals surface area contributed by atoms with E-state index in [0.29, 0.717) is 17.4 Å². The molecule has 0 radical (unpaired) electrons. The van der Waals surface area contributed by atoms with E-state index < -0.39 is 0 Å². The minimum atomic E-state index is -0.196. The van der Waals surface area contributed by atoms with Crippen LogP contribution in [0.1, 0.15) is 44.3 Å². The molecule has 1 nitrogen and oxygen atoms in total. The van der Waals surface area contributed by atoms with Crippen molar-refractivity contribution < 1.29 is 9.13 Å². The van der Waals surface area contributed by atoms with E-state index in [9.17, 15) is 4.39 Å². The lowest BCUT2D eigenvalue weighted by Gasteiger charge is -2.32. The van der Waals surface area contributed by atoms with Crippen LogP contribution in [0.2, 0.25) is 0 Å². The zero-order valence-corrected chi connectivity index (χ0v) is 12.3. The van der Waals surface area contributed by atoms with E-state index in [4.69, 9.17) is 4.74 Å². The average Bonchev–Trinajstić information content (AvgIpc) is 2.38. The maximum absolute atomic E-state index is 13.2. The van der Waals surface area contributed by atoms with Crippen LogP contribution in [0.15, 0.2) is 24.3 Å². The molecule has 0 aromatic heterocycles. The average molecular weight is 315 g/mol. The van der Waals surface area contributed by atoms with E-state index in [-0.39, 0.29) is 11.9 Å². The first-order chi connectivity index (χ1) is 8.70. The van der Waals surface area contributed by atoms with Gasteiger partial charge in [0.2, 0.25) is 0 Å². The Labute approximate surface area is 117 Å². The summed E-state index contributed by atoms with van der Waals surface area (Å²) in [5.74, 6) is 0.410. The van der Waals surface area contributed by atoms with Crippen LogP contribution in [0.5, 0.6) is 0 Å². The molecule has 18 heavy (non-hydrogen) atoms. The normalized spacial score (nSPS) is 25.9. The van der Waals surface area contributed by atoms with Crippen LogP contribution in [0.4, 0.5) is 4.39 Å². The van der Waals surface area contributed by atoms with E-state index in [2.05, 4.69) is 22.9 Å². The van der Waals surface area contributed by atoms with E-state index in [1.54, 1.807) is 12.1 Å². The van der Waals surface area contributed by atoms with Crippen LogP contribution in [0, 0.1) is 11.7 Å². The van der Waals surface area contributed by atoms with Crippen molar-refractivity contribution in [2.75, 3.05) is 5.33 Å². The van der Waals surface area contributed by atoms with Crippen LogP contribution < -0.4 is 0 Å². The summed E-state index contributed by atoms with van der Waals surface area (Å²) in [6, 6.07) is 6.72. The zero-order chi connectivity index (χ0) is 13.0. The third-order valence-corrected chi connectivity index (χ3v) is 4.32. The highest BCUT2D eigenvalue weighted by Gasteiger charge is 2.25. The summed E-state index contributed by atoms with van der Waals surface area (Å²) in [7, 11) is 0. The first kappa shape index (κ1) is 14.0. The second-order valence-electron chi connectivity index (χ2n) is 5.13. The van der Waals surface area contributed by atoms with Gasteiger partial charge in [-0.25, -0.2) is 4.39 Å². The zero-order valence-electron chi connectivity index (χ0n) is 10.7. The van der Waals surface area contributed by atoms with E-state index in [1.807, 2.05) is 6.07 Å². The number of alkyl halides is 1. The number of halogens is 2. The van der Waals surface area contributed by atoms with Crippen molar-refractivity contribution in [2.24, 2.45) is 5.92 Å². The van der Waals surface area contributed by atoms with Crippen molar-refractivity contribution in [3.8, 4) is 0 Å². The molecule has 1 saturated carbocycles. The Morgan fingerprint density at radius 2 is 2.17 bits per heavy atom. The van der Waals surface area contributed by atoms with Crippen molar-refractivity contribution >= 4 is 15.9 Å². The minimum Gasteiger partial charge on any atom is -0.369 e. The highest BCUT2D eigenvalue weighted by Crippen LogP contribution is 2.31. The van der Waals surface area contributed by atoms with Gasteiger partial charge in [-0.1, -0.05) is 47.8 Å². The van der Waals surface area contributed by atoms with Gasteiger partial charge in [-0.05, 0) is 36.5 Å². The summed E-state index contributed by atoms with van der Waals surface area (Å²) >= 11 is 3.48. The molecule has 3 atom stereocenters. The van der Waals surface area contributed by atoms with Gasteiger partial charge in [-0.3, -0.25) is 0 Å². The molecule has 0 aliphatic heterocycles. The predicted octanol–water partition coefficient (Wildman–Crippen LogP) is 4.86. The molecule has 0 N–H and O–H groups in total. The number of hydrogen-bond donors (Lipinski definition) is 0. The number of benzene rings is 1. The van der Waals surface area contributed by atoms with Crippen molar-refractivity contribution in [1.29, 1.82) is 0 Å². The molecule has 1 aliphatic carbocycles. The highest BCUT2D eigenvalue weighted by molar-refractivity contribution is 9.09. The van der Waals surface area contributed by atoms with Crippen molar-refractivity contribution in [3.05, 3.63) is 35.6 Å². The summed E-state index contributed by atoms with van der Waals surface area (Å²) in [6.45, 7) is 2.25. The molecule has 2 rings (SSSR count). The molecular weight excluding hydrogens is 295 g/mol. The highest BCUT2D eigenvalue weighted by atomic mass is 79.9. The summed E-state index contributed by atoms with van der Waals surface area (Å²) in [6.07, 6.45) is 5.17. The van der Waals surface area contributed by atoms with Crippen molar-refractivity contribution in [2.45, 2.75) is 44.8 Å². The fraction of sp³-hybridized carbons (Fsp3) is 0.600. The van der Waals surface area contributed by atoms with Crippen LogP contribution in [-0.4, -0.2) is 11.4 Å². The summed E-state index contributed by atoms with van der Waals surface area (Å²) in [5.41, 5.74) is 0.921. The number of rotatable bonds is 4. The SMILES string of the molecule is CC1CCCCC1OC(CBr)c1cccc(F)c1. The lowest BCUT2D eigenvalue weighted by molar-refractivity contribution is -0.0469. The Morgan fingerprint density at radius 1 is 1.39 bits per heavy atom. The van der Waals surface area contributed by atoms with Gasteiger partial charge in [0, 0.05) is 5.33 Å². The second-order valence-corrected chi connectivity index (χ2v) is 5.78. The van der Waals surface area contributed by atoms with Crippen LogP contribution >= 0.6 is 15.9 Å².